The van der Waals surface area contributed by atoms with Crippen LogP contribution < -0.4 is 5.32 Å². The van der Waals surface area contributed by atoms with Gasteiger partial charge in [0.05, 0.1) is 17.6 Å². The van der Waals surface area contributed by atoms with Gasteiger partial charge in [-0.3, -0.25) is 14.6 Å². The molecule has 0 aliphatic heterocycles. The minimum Gasteiger partial charge on any atom is -0.419 e. The Morgan fingerprint density at radius 1 is 1.28 bits per heavy atom. The first kappa shape index (κ1) is 18.6. The highest BCUT2D eigenvalue weighted by atomic mass is 19.4. The maximum Gasteiger partial charge on any atom is 0.522 e. The molecule has 2 aromatic heterocycles. The topological polar surface area (TPSA) is 115 Å². The molecule has 12 heteroatoms. The Kier molecular flexibility index (Phi) is 4.01. The average molecular weight is 413 g/mol. The number of carbonyl (C=O) groups is 1. The molecule has 0 aromatic carbocycles. The summed E-state index contributed by atoms with van der Waals surface area (Å²) < 4.78 is 51.2. The Morgan fingerprint density at radius 2 is 2.03 bits per heavy atom. The van der Waals surface area contributed by atoms with Gasteiger partial charge >= 0.3 is 6.36 Å². The van der Waals surface area contributed by atoms with Crippen LogP contribution in [0.5, 0.6) is 0 Å². The number of carbonyl (C=O) groups excluding carboxylic acids is 1. The smallest absolute Gasteiger partial charge is 0.419 e. The van der Waals surface area contributed by atoms with Crippen LogP contribution in [0.3, 0.4) is 0 Å². The number of hydrogen-bond donors (Lipinski definition) is 2. The van der Waals surface area contributed by atoms with Gasteiger partial charge in [-0.1, -0.05) is 0 Å². The van der Waals surface area contributed by atoms with Crippen molar-refractivity contribution in [3.63, 3.8) is 0 Å². The monoisotopic (exact) mass is 413 g/mol. The van der Waals surface area contributed by atoms with Crippen LogP contribution in [0, 0.1) is 0 Å². The zero-order valence-corrected chi connectivity index (χ0v) is 15.2. The summed E-state index contributed by atoms with van der Waals surface area (Å²) in [6.45, 7) is -0.179. The molecule has 156 valence electrons. The third-order valence-electron chi connectivity index (χ3n) is 5.84. The molecule has 0 unspecified atom stereocenters. The summed E-state index contributed by atoms with van der Waals surface area (Å²) in [5.41, 5.74) is 0.0868. The second-order valence-electron chi connectivity index (χ2n) is 8.10. The Labute approximate surface area is 162 Å². The molecule has 6 rings (SSSR count). The zero-order valence-electron chi connectivity index (χ0n) is 15.2. The summed E-state index contributed by atoms with van der Waals surface area (Å²) in [5.74, 6) is 0.625. The predicted molar refractivity (Wildman–Crippen MR) is 88.2 cm³/mol. The summed E-state index contributed by atoms with van der Waals surface area (Å²) in [6, 6.07) is 1.74. The Balaban J connectivity index is 1.05. The molecule has 0 saturated heterocycles. The first-order valence-electron chi connectivity index (χ1n) is 9.26. The summed E-state index contributed by atoms with van der Waals surface area (Å²) in [5, 5.41) is 17.8. The van der Waals surface area contributed by atoms with E-state index < -0.39 is 12.5 Å². The van der Waals surface area contributed by atoms with E-state index in [1.807, 2.05) is 0 Å². The van der Waals surface area contributed by atoms with Gasteiger partial charge in [0.15, 0.2) is 0 Å². The fraction of sp³-hybridized carbons (Fsp3) is 0.647. The number of ether oxygens (including phenoxy) is 2. The minimum atomic E-state index is -4.63. The van der Waals surface area contributed by atoms with Crippen molar-refractivity contribution < 1.29 is 31.9 Å². The Hall–Kier alpha value is -2.47. The second-order valence-corrected chi connectivity index (χ2v) is 8.10. The van der Waals surface area contributed by atoms with Gasteiger partial charge in [-0.05, 0) is 25.3 Å². The number of nitrogens with zero attached hydrogens (tertiary/aromatic N) is 3. The molecule has 1 amide bonds. The van der Waals surface area contributed by atoms with Crippen molar-refractivity contribution in [1.82, 2.24) is 25.7 Å². The highest BCUT2D eigenvalue weighted by Gasteiger charge is 2.71. The van der Waals surface area contributed by atoms with Gasteiger partial charge in [0, 0.05) is 24.6 Å². The number of hydrogen-bond acceptors (Lipinski definition) is 7. The van der Waals surface area contributed by atoms with Gasteiger partial charge in [0.1, 0.15) is 12.3 Å². The molecule has 29 heavy (non-hydrogen) atoms. The molecule has 4 aliphatic carbocycles. The number of rotatable bonds is 7. The van der Waals surface area contributed by atoms with Crippen molar-refractivity contribution in [2.45, 2.75) is 61.6 Å². The largest absolute Gasteiger partial charge is 0.522 e. The number of aromatic nitrogens is 4. The summed E-state index contributed by atoms with van der Waals surface area (Å²) >= 11 is 0. The Bertz CT molecular complexity index is 887. The van der Waals surface area contributed by atoms with E-state index in [0.717, 1.165) is 0 Å². The molecule has 2 aromatic rings. The first-order chi connectivity index (χ1) is 13.7. The number of halogens is 3. The molecule has 2 heterocycles. The minimum absolute atomic E-state index is 0.135. The van der Waals surface area contributed by atoms with E-state index in [4.69, 9.17) is 9.15 Å². The van der Waals surface area contributed by atoms with Crippen LogP contribution in [0.2, 0.25) is 0 Å². The van der Waals surface area contributed by atoms with Gasteiger partial charge in [-0.25, -0.2) is 0 Å². The number of alkyl halides is 3. The van der Waals surface area contributed by atoms with E-state index >= 15 is 0 Å². The number of H-pyrrole nitrogens is 1. The average Bonchev–Trinajstić information content (AvgIpc) is 3.20. The highest BCUT2D eigenvalue weighted by Crippen LogP contribution is 2.67. The third kappa shape index (κ3) is 3.39. The van der Waals surface area contributed by atoms with Crippen molar-refractivity contribution in [3.05, 3.63) is 18.2 Å². The van der Waals surface area contributed by atoms with Crippen molar-refractivity contribution >= 4 is 5.91 Å². The van der Waals surface area contributed by atoms with Crippen LogP contribution in [0.4, 0.5) is 13.2 Å². The molecule has 9 nitrogen and oxygen atoms in total. The maximum atomic E-state index is 12.1. The molecule has 0 spiro atoms. The SMILES string of the molecule is O=C(COC1CC(OC(F)(F)F)C1)NC12CC(c3nnc(-c4cc[nH]n4)o3)(C1)C2. The first-order valence-corrected chi connectivity index (χ1v) is 9.26. The van der Waals surface area contributed by atoms with E-state index in [1.54, 1.807) is 12.3 Å². The standard InChI is InChI=1S/C17H18F3N5O4/c18-17(19,20)29-10-3-9(4-10)27-5-12(26)22-16-6-15(7-16,8-16)14-25-24-13(28-14)11-1-2-21-23-11/h1-2,9-10H,3-8H2,(H,21,23)(H,22,26). The zero-order chi connectivity index (χ0) is 20.3. The molecular weight excluding hydrogens is 395 g/mol. The molecule has 4 aliphatic rings. The van der Waals surface area contributed by atoms with Crippen molar-refractivity contribution in [2.24, 2.45) is 0 Å². The maximum absolute atomic E-state index is 12.1. The van der Waals surface area contributed by atoms with Gasteiger partial charge in [0.25, 0.3) is 5.89 Å². The van der Waals surface area contributed by atoms with Crippen molar-refractivity contribution in [2.75, 3.05) is 6.61 Å². The second kappa shape index (κ2) is 6.26. The van der Waals surface area contributed by atoms with Gasteiger partial charge in [-0.15, -0.1) is 23.4 Å². The summed E-state index contributed by atoms with van der Waals surface area (Å²) in [7, 11) is 0. The van der Waals surface area contributed by atoms with Gasteiger partial charge in [-0.2, -0.15) is 5.10 Å². The molecule has 0 radical (unpaired) electrons. The number of nitrogens with one attached hydrogen (secondary N) is 2. The van der Waals surface area contributed by atoms with Crippen LogP contribution in [0.25, 0.3) is 11.6 Å². The number of amides is 1. The van der Waals surface area contributed by atoms with Gasteiger partial charge < -0.3 is 14.5 Å². The summed E-state index contributed by atoms with van der Waals surface area (Å²) in [4.78, 5) is 12.1. The van der Waals surface area contributed by atoms with Crippen LogP contribution in [-0.2, 0) is 19.7 Å². The lowest BCUT2D eigenvalue weighted by Crippen LogP contribution is -2.77. The normalized spacial score (nSPS) is 32.8. The van der Waals surface area contributed by atoms with E-state index in [-0.39, 0.29) is 42.4 Å². The molecule has 2 N–H and O–H groups in total. The van der Waals surface area contributed by atoms with Crippen LogP contribution in [-0.4, -0.2) is 57.0 Å². The molecule has 2 bridgehead atoms. The highest BCUT2D eigenvalue weighted by molar-refractivity contribution is 5.79. The van der Waals surface area contributed by atoms with Crippen molar-refractivity contribution in [1.29, 1.82) is 0 Å². The lowest BCUT2D eigenvalue weighted by molar-refractivity contribution is -0.357. The van der Waals surface area contributed by atoms with E-state index in [9.17, 15) is 18.0 Å². The lowest BCUT2D eigenvalue weighted by Gasteiger charge is -2.68. The molecule has 0 atom stereocenters. The van der Waals surface area contributed by atoms with Crippen LogP contribution >= 0.6 is 0 Å². The van der Waals surface area contributed by atoms with E-state index in [1.165, 1.54) is 0 Å². The quantitative estimate of drug-likeness (QED) is 0.712. The Morgan fingerprint density at radius 3 is 2.69 bits per heavy atom. The van der Waals surface area contributed by atoms with E-state index in [2.05, 4.69) is 30.4 Å². The van der Waals surface area contributed by atoms with Crippen LogP contribution in [0.1, 0.15) is 38.0 Å². The third-order valence-corrected chi connectivity index (χ3v) is 5.84. The fourth-order valence-electron chi connectivity index (χ4n) is 4.53. The van der Waals surface area contributed by atoms with Crippen LogP contribution in [0.15, 0.2) is 16.7 Å². The lowest BCUT2D eigenvalue weighted by atomic mass is 9.39. The van der Waals surface area contributed by atoms with Gasteiger partial charge in [0.2, 0.25) is 11.8 Å². The predicted octanol–water partition coefficient (Wildman–Crippen LogP) is 1.83. The molecule has 4 saturated carbocycles. The summed E-state index contributed by atoms with van der Waals surface area (Å²) in [6.07, 6.45) is -1.85. The number of aromatic amines is 1. The molecular formula is C17H18F3N5O4. The van der Waals surface area contributed by atoms with Crippen molar-refractivity contribution in [3.8, 4) is 11.6 Å². The van der Waals surface area contributed by atoms with E-state index in [0.29, 0.717) is 36.7 Å². The fourth-order valence-corrected chi connectivity index (χ4v) is 4.53. The molecule has 4 fully saturated rings.